The van der Waals surface area contributed by atoms with Crippen molar-refractivity contribution in [1.29, 1.82) is 0 Å². The molecule has 0 aliphatic rings. The summed E-state index contributed by atoms with van der Waals surface area (Å²) in [6.45, 7) is 1.88. The van der Waals surface area contributed by atoms with Crippen LogP contribution in [0.3, 0.4) is 0 Å². The van der Waals surface area contributed by atoms with Gasteiger partial charge in [0.2, 0.25) is 0 Å². The van der Waals surface area contributed by atoms with Crippen LogP contribution in [-0.2, 0) is 0 Å². The van der Waals surface area contributed by atoms with Crippen molar-refractivity contribution in [2.45, 2.75) is 13.0 Å². The molecular weight excluding hydrogens is 271 g/mol. The van der Waals surface area contributed by atoms with E-state index in [1.165, 1.54) is 12.1 Å². The fourth-order valence-corrected chi connectivity index (χ4v) is 2.08. The molecule has 108 valence electrons. The molecule has 0 amide bonds. The van der Waals surface area contributed by atoms with Gasteiger partial charge in [0, 0.05) is 23.7 Å². The maximum absolute atomic E-state index is 13.0. The van der Waals surface area contributed by atoms with Gasteiger partial charge >= 0.3 is 0 Å². The van der Waals surface area contributed by atoms with Crippen molar-refractivity contribution in [3.63, 3.8) is 0 Å². The van der Waals surface area contributed by atoms with Crippen LogP contribution in [0.1, 0.15) is 6.92 Å². The molecule has 1 atom stereocenters. The van der Waals surface area contributed by atoms with E-state index in [0.717, 1.165) is 17.1 Å². The highest BCUT2D eigenvalue weighted by Crippen LogP contribution is 2.22. The Morgan fingerprint density at radius 1 is 1.29 bits per heavy atom. The minimum absolute atomic E-state index is 0.0109. The molecule has 0 aliphatic carbocycles. The van der Waals surface area contributed by atoms with Crippen LogP contribution in [-0.4, -0.2) is 32.4 Å². The quantitative estimate of drug-likeness (QED) is 0.772. The highest BCUT2D eigenvalue weighted by atomic mass is 19.1. The van der Waals surface area contributed by atoms with Crippen LogP contribution in [0.5, 0.6) is 0 Å². The molecule has 2 aromatic heterocycles. The lowest BCUT2D eigenvalue weighted by Gasteiger charge is -2.14. The van der Waals surface area contributed by atoms with Gasteiger partial charge in [-0.25, -0.2) is 9.37 Å². The van der Waals surface area contributed by atoms with Crippen molar-refractivity contribution in [1.82, 2.24) is 14.6 Å². The minimum Gasteiger partial charge on any atom is -0.394 e. The molecule has 0 saturated carbocycles. The van der Waals surface area contributed by atoms with Crippen LogP contribution < -0.4 is 5.32 Å². The summed E-state index contributed by atoms with van der Waals surface area (Å²) in [6.07, 6.45) is 1.66. The Balaban J connectivity index is 2.09. The van der Waals surface area contributed by atoms with Crippen molar-refractivity contribution in [2.24, 2.45) is 0 Å². The third-order valence-electron chi connectivity index (χ3n) is 3.17. The molecule has 0 spiro atoms. The molecule has 0 fully saturated rings. The SMILES string of the molecule is CC(CO)Nc1cc(-c2ccc(F)cc2)nc2ccnn12. The van der Waals surface area contributed by atoms with Crippen molar-refractivity contribution in [3.8, 4) is 11.3 Å². The number of aliphatic hydroxyl groups excluding tert-OH is 1. The van der Waals surface area contributed by atoms with Crippen LogP contribution in [0.25, 0.3) is 16.9 Å². The van der Waals surface area contributed by atoms with E-state index in [4.69, 9.17) is 0 Å². The monoisotopic (exact) mass is 286 g/mol. The second kappa shape index (κ2) is 5.49. The summed E-state index contributed by atoms with van der Waals surface area (Å²) in [4.78, 5) is 4.50. The zero-order chi connectivity index (χ0) is 14.8. The first kappa shape index (κ1) is 13.5. The molecule has 0 bridgehead atoms. The second-order valence-corrected chi connectivity index (χ2v) is 4.86. The van der Waals surface area contributed by atoms with Gasteiger partial charge < -0.3 is 10.4 Å². The molecule has 2 N–H and O–H groups in total. The summed E-state index contributed by atoms with van der Waals surface area (Å²) < 4.78 is 14.7. The van der Waals surface area contributed by atoms with Crippen molar-refractivity contribution >= 4 is 11.5 Å². The van der Waals surface area contributed by atoms with Gasteiger partial charge in [-0.05, 0) is 31.2 Å². The molecule has 1 unspecified atom stereocenters. The number of hydrogen-bond donors (Lipinski definition) is 2. The van der Waals surface area contributed by atoms with Gasteiger partial charge in [-0.2, -0.15) is 9.61 Å². The fraction of sp³-hybridized carbons (Fsp3) is 0.200. The van der Waals surface area contributed by atoms with Gasteiger partial charge in [0.05, 0.1) is 18.5 Å². The molecule has 0 radical (unpaired) electrons. The molecule has 0 aliphatic heterocycles. The number of fused-ring (bicyclic) bond motifs is 1. The molecule has 1 aromatic carbocycles. The molecule has 21 heavy (non-hydrogen) atoms. The van der Waals surface area contributed by atoms with E-state index < -0.39 is 0 Å². The summed E-state index contributed by atoms with van der Waals surface area (Å²) in [6, 6.07) is 9.69. The molecule has 2 heterocycles. The average Bonchev–Trinajstić information content (AvgIpc) is 2.96. The van der Waals surface area contributed by atoms with Crippen LogP contribution in [0.4, 0.5) is 10.2 Å². The Kier molecular flexibility index (Phi) is 3.53. The smallest absolute Gasteiger partial charge is 0.157 e. The van der Waals surface area contributed by atoms with E-state index in [9.17, 15) is 9.50 Å². The lowest BCUT2D eigenvalue weighted by Crippen LogP contribution is -2.21. The predicted octanol–water partition coefficient (Wildman–Crippen LogP) is 2.33. The third-order valence-corrected chi connectivity index (χ3v) is 3.17. The normalized spacial score (nSPS) is 12.5. The average molecular weight is 286 g/mol. The Hall–Kier alpha value is -2.47. The van der Waals surface area contributed by atoms with Gasteiger partial charge in [-0.1, -0.05) is 0 Å². The first-order valence-corrected chi connectivity index (χ1v) is 6.65. The van der Waals surface area contributed by atoms with Crippen LogP contribution in [0.15, 0.2) is 42.6 Å². The highest BCUT2D eigenvalue weighted by Gasteiger charge is 2.10. The summed E-state index contributed by atoms with van der Waals surface area (Å²) >= 11 is 0. The highest BCUT2D eigenvalue weighted by molar-refractivity contribution is 5.66. The number of rotatable bonds is 4. The Bertz CT molecular complexity index is 754. The van der Waals surface area contributed by atoms with E-state index in [0.29, 0.717) is 5.65 Å². The number of benzene rings is 1. The zero-order valence-electron chi connectivity index (χ0n) is 11.5. The number of nitrogens with zero attached hydrogens (tertiary/aromatic N) is 3. The standard InChI is InChI=1S/C15H15FN4O/c1-10(9-21)18-15-8-13(11-2-4-12(16)5-3-11)19-14-6-7-17-20(14)15/h2-8,10,18,21H,9H2,1H3. The molecule has 3 aromatic rings. The second-order valence-electron chi connectivity index (χ2n) is 4.86. The predicted molar refractivity (Wildman–Crippen MR) is 78.6 cm³/mol. The number of halogens is 1. The van der Waals surface area contributed by atoms with E-state index in [-0.39, 0.29) is 18.5 Å². The summed E-state index contributed by atoms with van der Waals surface area (Å²) in [5.74, 6) is 0.447. The molecule has 3 rings (SSSR count). The Morgan fingerprint density at radius 3 is 2.76 bits per heavy atom. The van der Waals surface area contributed by atoms with Gasteiger partial charge in [0.1, 0.15) is 11.6 Å². The summed E-state index contributed by atoms with van der Waals surface area (Å²) in [5.41, 5.74) is 2.22. The van der Waals surface area contributed by atoms with Crippen molar-refractivity contribution in [2.75, 3.05) is 11.9 Å². The van der Waals surface area contributed by atoms with E-state index in [2.05, 4.69) is 15.4 Å². The minimum atomic E-state index is -0.281. The Morgan fingerprint density at radius 2 is 2.05 bits per heavy atom. The molecule has 0 saturated heterocycles. The summed E-state index contributed by atoms with van der Waals surface area (Å²) in [5, 5.41) is 16.6. The van der Waals surface area contributed by atoms with Crippen LogP contribution in [0.2, 0.25) is 0 Å². The van der Waals surface area contributed by atoms with Gasteiger partial charge in [0.25, 0.3) is 0 Å². The zero-order valence-corrected chi connectivity index (χ0v) is 11.5. The maximum Gasteiger partial charge on any atom is 0.157 e. The van der Waals surface area contributed by atoms with E-state index in [1.807, 2.05) is 13.0 Å². The first-order valence-electron chi connectivity index (χ1n) is 6.65. The third kappa shape index (κ3) is 2.71. The molecule has 6 heteroatoms. The fourth-order valence-electron chi connectivity index (χ4n) is 2.08. The van der Waals surface area contributed by atoms with Crippen molar-refractivity contribution in [3.05, 3.63) is 48.4 Å². The van der Waals surface area contributed by atoms with Crippen LogP contribution in [0, 0.1) is 5.82 Å². The summed E-state index contributed by atoms with van der Waals surface area (Å²) in [7, 11) is 0. The number of aromatic nitrogens is 3. The van der Waals surface area contributed by atoms with Gasteiger partial charge in [-0.3, -0.25) is 0 Å². The van der Waals surface area contributed by atoms with Gasteiger partial charge in [-0.15, -0.1) is 0 Å². The number of anilines is 1. The number of hydrogen-bond acceptors (Lipinski definition) is 4. The van der Waals surface area contributed by atoms with Crippen LogP contribution >= 0.6 is 0 Å². The van der Waals surface area contributed by atoms with E-state index >= 15 is 0 Å². The van der Waals surface area contributed by atoms with Gasteiger partial charge in [0.15, 0.2) is 5.65 Å². The molecule has 5 nitrogen and oxygen atoms in total. The molecular formula is C15H15FN4O. The lowest BCUT2D eigenvalue weighted by molar-refractivity contribution is 0.281. The number of aliphatic hydroxyl groups is 1. The number of nitrogens with one attached hydrogen (secondary N) is 1. The lowest BCUT2D eigenvalue weighted by atomic mass is 10.1. The maximum atomic E-state index is 13.0. The van der Waals surface area contributed by atoms with Crippen molar-refractivity contribution < 1.29 is 9.50 Å². The van der Waals surface area contributed by atoms with E-state index in [1.54, 1.807) is 28.9 Å². The Labute approximate surface area is 121 Å². The largest absolute Gasteiger partial charge is 0.394 e. The first-order chi connectivity index (χ1) is 10.2. The topological polar surface area (TPSA) is 62.5 Å².